The lowest BCUT2D eigenvalue weighted by atomic mass is 9.78. The van der Waals surface area contributed by atoms with E-state index in [-0.39, 0.29) is 24.3 Å². The molecule has 5 rings (SSSR count). The Kier molecular flexibility index (Phi) is 4.06. The maximum atomic E-state index is 13.0. The van der Waals surface area contributed by atoms with Gasteiger partial charge in [0.05, 0.1) is 24.1 Å². The first-order valence-corrected chi connectivity index (χ1v) is 10.1. The number of nitrogens with zero attached hydrogens (tertiary/aromatic N) is 4. The quantitative estimate of drug-likeness (QED) is 0.813. The summed E-state index contributed by atoms with van der Waals surface area (Å²) in [6.07, 6.45) is 5.42. The Morgan fingerprint density at radius 2 is 2.00 bits per heavy atom. The van der Waals surface area contributed by atoms with E-state index < -0.39 is 11.6 Å². The number of fused-ring (bicyclic) bond motifs is 2. The molecule has 4 aliphatic rings. The molecule has 9 heteroatoms. The predicted octanol–water partition coefficient (Wildman–Crippen LogP) is 0.474. The van der Waals surface area contributed by atoms with Crippen molar-refractivity contribution >= 4 is 17.9 Å². The van der Waals surface area contributed by atoms with E-state index in [0.717, 1.165) is 30.7 Å². The fourth-order valence-corrected chi connectivity index (χ4v) is 4.82. The molecule has 0 unspecified atom stereocenters. The number of piperidine rings is 1. The molecule has 0 bridgehead atoms. The van der Waals surface area contributed by atoms with Gasteiger partial charge in [0, 0.05) is 37.7 Å². The van der Waals surface area contributed by atoms with Crippen molar-refractivity contribution in [3.05, 3.63) is 17.7 Å². The van der Waals surface area contributed by atoms with Crippen LogP contribution in [0.4, 0.5) is 4.79 Å². The lowest BCUT2D eigenvalue weighted by Gasteiger charge is -2.50. The standard InChI is InChI=1S/C19H25N5O4/c25-15(11-23-9-10-28-18(23)27)22-7-4-19(5-8-22)16-14(20-12-21-16)3-6-24(19)17(26)13-1-2-13/h12-13H,1-11H2,(H,20,21). The second-order valence-electron chi connectivity index (χ2n) is 8.19. The minimum atomic E-state index is -0.420. The Morgan fingerprint density at radius 1 is 1.21 bits per heavy atom. The van der Waals surface area contributed by atoms with E-state index in [1.54, 1.807) is 11.2 Å². The Bertz CT molecular complexity index is 809. The number of hydrogen-bond donors (Lipinski definition) is 1. The molecule has 1 N–H and O–H groups in total. The molecular weight excluding hydrogens is 362 g/mol. The summed E-state index contributed by atoms with van der Waals surface area (Å²) in [4.78, 5) is 50.4. The number of aromatic nitrogens is 2. The second-order valence-corrected chi connectivity index (χ2v) is 8.19. The van der Waals surface area contributed by atoms with Crippen molar-refractivity contribution in [1.29, 1.82) is 0 Å². The van der Waals surface area contributed by atoms with Crippen LogP contribution >= 0.6 is 0 Å². The van der Waals surface area contributed by atoms with Gasteiger partial charge in [0.15, 0.2) is 0 Å². The minimum Gasteiger partial charge on any atom is -0.448 e. The third kappa shape index (κ3) is 2.75. The van der Waals surface area contributed by atoms with Crippen LogP contribution in [0.5, 0.6) is 0 Å². The van der Waals surface area contributed by atoms with Crippen molar-refractivity contribution in [2.24, 2.45) is 5.92 Å². The molecule has 1 spiro atoms. The summed E-state index contributed by atoms with van der Waals surface area (Å²) in [5.41, 5.74) is 1.67. The van der Waals surface area contributed by atoms with E-state index in [1.807, 2.05) is 4.90 Å². The van der Waals surface area contributed by atoms with Gasteiger partial charge >= 0.3 is 6.09 Å². The lowest BCUT2D eigenvalue weighted by molar-refractivity contribution is -0.145. The highest BCUT2D eigenvalue weighted by molar-refractivity contribution is 5.84. The number of cyclic esters (lactones) is 1. The summed E-state index contributed by atoms with van der Waals surface area (Å²) in [7, 11) is 0. The van der Waals surface area contributed by atoms with Crippen LogP contribution in [0.2, 0.25) is 0 Å². The Morgan fingerprint density at radius 3 is 2.68 bits per heavy atom. The highest BCUT2D eigenvalue weighted by Gasteiger charge is 2.51. The molecule has 1 aromatic heterocycles. The molecule has 2 saturated heterocycles. The predicted molar refractivity (Wildman–Crippen MR) is 97.1 cm³/mol. The van der Waals surface area contributed by atoms with Crippen molar-refractivity contribution in [3.63, 3.8) is 0 Å². The largest absolute Gasteiger partial charge is 0.448 e. The van der Waals surface area contributed by atoms with E-state index in [2.05, 4.69) is 9.97 Å². The fraction of sp³-hybridized carbons (Fsp3) is 0.684. The monoisotopic (exact) mass is 387 g/mol. The number of H-pyrrole nitrogens is 1. The summed E-state index contributed by atoms with van der Waals surface area (Å²) in [5.74, 6) is 0.346. The molecule has 1 aliphatic carbocycles. The van der Waals surface area contributed by atoms with Gasteiger partial charge in [0.2, 0.25) is 11.8 Å². The van der Waals surface area contributed by atoms with Crippen molar-refractivity contribution < 1.29 is 19.1 Å². The summed E-state index contributed by atoms with van der Waals surface area (Å²) >= 11 is 0. The van der Waals surface area contributed by atoms with Gasteiger partial charge in [-0.2, -0.15) is 0 Å². The molecule has 0 atom stereocenters. The third-order valence-corrected chi connectivity index (χ3v) is 6.57. The summed E-state index contributed by atoms with van der Waals surface area (Å²) in [6, 6.07) is 0. The van der Waals surface area contributed by atoms with E-state index in [0.29, 0.717) is 45.6 Å². The minimum absolute atomic E-state index is 0.0597. The first kappa shape index (κ1) is 17.5. The molecule has 9 nitrogen and oxygen atoms in total. The first-order chi connectivity index (χ1) is 13.6. The maximum Gasteiger partial charge on any atom is 0.410 e. The smallest absolute Gasteiger partial charge is 0.410 e. The topological polar surface area (TPSA) is 98.8 Å². The molecule has 0 aromatic carbocycles. The molecule has 3 aliphatic heterocycles. The lowest BCUT2D eigenvalue weighted by Crippen LogP contribution is -2.59. The average Bonchev–Trinajstić information content (AvgIpc) is 3.31. The van der Waals surface area contributed by atoms with Crippen LogP contribution in [-0.4, -0.2) is 81.9 Å². The van der Waals surface area contributed by atoms with Gasteiger partial charge in [-0.05, 0) is 25.7 Å². The van der Waals surface area contributed by atoms with Crippen molar-refractivity contribution in [3.8, 4) is 0 Å². The zero-order chi connectivity index (χ0) is 19.3. The molecule has 3 fully saturated rings. The number of aromatic amines is 1. The fourth-order valence-electron chi connectivity index (χ4n) is 4.82. The van der Waals surface area contributed by atoms with Crippen LogP contribution in [0, 0.1) is 5.92 Å². The summed E-state index contributed by atoms with van der Waals surface area (Å²) < 4.78 is 4.90. The van der Waals surface area contributed by atoms with Crippen LogP contribution in [0.3, 0.4) is 0 Å². The number of nitrogens with one attached hydrogen (secondary N) is 1. The van der Waals surface area contributed by atoms with E-state index >= 15 is 0 Å². The highest BCUT2D eigenvalue weighted by atomic mass is 16.6. The van der Waals surface area contributed by atoms with E-state index in [9.17, 15) is 14.4 Å². The van der Waals surface area contributed by atoms with Gasteiger partial charge in [-0.25, -0.2) is 9.78 Å². The number of amides is 3. The Labute approximate surface area is 163 Å². The highest BCUT2D eigenvalue weighted by Crippen LogP contribution is 2.45. The van der Waals surface area contributed by atoms with Crippen molar-refractivity contribution in [2.45, 2.75) is 37.6 Å². The zero-order valence-electron chi connectivity index (χ0n) is 15.9. The van der Waals surface area contributed by atoms with Crippen LogP contribution < -0.4 is 0 Å². The van der Waals surface area contributed by atoms with Crippen molar-refractivity contribution in [1.82, 2.24) is 24.7 Å². The van der Waals surface area contributed by atoms with Gasteiger partial charge in [-0.1, -0.05) is 0 Å². The number of likely N-dealkylation sites (tertiary alicyclic amines) is 1. The molecule has 1 aromatic rings. The second kappa shape index (κ2) is 6.49. The molecule has 150 valence electrons. The number of rotatable bonds is 3. The van der Waals surface area contributed by atoms with Gasteiger partial charge in [-0.3, -0.25) is 14.5 Å². The van der Waals surface area contributed by atoms with Gasteiger partial charge in [0.1, 0.15) is 13.2 Å². The molecule has 4 heterocycles. The van der Waals surface area contributed by atoms with Crippen LogP contribution in [0.1, 0.15) is 37.1 Å². The zero-order valence-corrected chi connectivity index (χ0v) is 15.9. The number of ether oxygens (including phenoxy) is 1. The van der Waals surface area contributed by atoms with Gasteiger partial charge < -0.3 is 19.5 Å². The SMILES string of the molecule is O=C(CN1CCOC1=O)N1CCC2(CC1)c1nc[nH]c1CCN2C(=O)C1CC1. The Balaban J connectivity index is 1.33. The number of carbonyl (C=O) groups is 3. The van der Waals surface area contributed by atoms with Gasteiger partial charge in [0.25, 0.3) is 0 Å². The van der Waals surface area contributed by atoms with E-state index in [1.165, 1.54) is 4.90 Å². The number of carbonyl (C=O) groups excluding carboxylic acids is 3. The van der Waals surface area contributed by atoms with Crippen LogP contribution in [-0.2, 0) is 26.3 Å². The average molecular weight is 387 g/mol. The van der Waals surface area contributed by atoms with E-state index in [4.69, 9.17) is 4.74 Å². The summed E-state index contributed by atoms with van der Waals surface area (Å²) in [6.45, 7) is 2.69. The molecule has 1 saturated carbocycles. The number of hydrogen-bond acceptors (Lipinski definition) is 5. The third-order valence-electron chi connectivity index (χ3n) is 6.57. The molecule has 3 amide bonds. The first-order valence-electron chi connectivity index (χ1n) is 10.1. The molecule has 0 radical (unpaired) electrons. The Hall–Kier alpha value is -2.58. The molecule has 28 heavy (non-hydrogen) atoms. The van der Waals surface area contributed by atoms with Crippen LogP contribution in [0.15, 0.2) is 6.33 Å². The number of imidazole rings is 1. The normalized spacial score (nSPS) is 23.7. The summed E-state index contributed by atoms with van der Waals surface area (Å²) in [5, 5.41) is 0. The van der Waals surface area contributed by atoms with Crippen molar-refractivity contribution in [2.75, 3.05) is 39.3 Å². The maximum absolute atomic E-state index is 13.0. The van der Waals surface area contributed by atoms with Gasteiger partial charge in [-0.15, -0.1) is 0 Å². The molecular formula is C19H25N5O4. The van der Waals surface area contributed by atoms with Crippen LogP contribution in [0.25, 0.3) is 0 Å².